The van der Waals surface area contributed by atoms with Crippen LogP contribution >= 0.6 is 11.3 Å². The zero-order chi connectivity index (χ0) is 13.5. The summed E-state index contributed by atoms with van der Waals surface area (Å²) in [5.41, 5.74) is 6.28. The van der Waals surface area contributed by atoms with E-state index in [1.807, 2.05) is 11.4 Å². The summed E-state index contributed by atoms with van der Waals surface area (Å²) in [6, 6.07) is 1.99. The van der Waals surface area contributed by atoms with Crippen molar-refractivity contribution in [3.05, 3.63) is 21.9 Å². The van der Waals surface area contributed by atoms with Crippen molar-refractivity contribution in [1.82, 2.24) is 5.32 Å². The van der Waals surface area contributed by atoms with Gasteiger partial charge in [-0.05, 0) is 18.9 Å². The van der Waals surface area contributed by atoms with Crippen LogP contribution in [0.5, 0.6) is 0 Å². The summed E-state index contributed by atoms with van der Waals surface area (Å²) in [5.74, 6) is 5.88. The van der Waals surface area contributed by atoms with E-state index in [-0.39, 0.29) is 11.8 Å². The number of carbonyl (C=O) groups excluding carboxylic acids is 1. The molecule has 1 unspecified atom stereocenters. The molecule has 1 atom stereocenters. The highest BCUT2D eigenvalue weighted by molar-refractivity contribution is 7.10. The summed E-state index contributed by atoms with van der Waals surface area (Å²) in [7, 11) is 0. The third-order valence-corrected chi connectivity index (χ3v) is 3.89. The molecule has 4 nitrogen and oxygen atoms in total. The molecule has 1 fully saturated rings. The van der Waals surface area contributed by atoms with E-state index >= 15 is 0 Å². The van der Waals surface area contributed by atoms with E-state index in [9.17, 15) is 4.79 Å². The van der Waals surface area contributed by atoms with E-state index in [1.165, 1.54) is 0 Å². The average Bonchev–Trinajstić information content (AvgIpc) is 2.91. The molecule has 3 N–H and O–H groups in total. The molecule has 0 spiro atoms. The number of amides is 1. The highest BCUT2D eigenvalue weighted by Gasteiger charge is 2.21. The van der Waals surface area contributed by atoms with E-state index < -0.39 is 0 Å². The van der Waals surface area contributed by atoms with Gasteiger partial charge < -0.3 is 15.8 Å². The third kappa shape index (κ3) is 4.35. The number of nitrogens with one attached hydrogen (secondary N) is 1. The quantitative estimate of drug-likeness (QED) is 0.814. The maximum Gasteiger partial charge on any atom is 0.225 e. The van der Waals surface area contributed by atoms with Crippen molar-refractivity contribution in [2.24, 2.45) is 11.7 Å². The molecule has 0 aromatic carbocycles. The minimum atomic E-state index is 0.00483. The van der Waals surface area contributed by atoms with Crippen LogP contribution in [0, 0.1) is 17.8 Å². The van der Waals surface area contributed by atoms with Gasteiger partial charge in [-0.1, -0.05) is 11.8 Å². The lowest BCUT2D eigenvalue weighted by atomic mass is 10.0. The van der Waals surface area contributed by atoms with E-state index in [4.69, 9.17) is 10.5 Å². The van der Waals surface area contributed by atoms with Crippen molar-refractivity contribution < 1.29 is 9.53 Å². The molecule has 1 aromatic rings. The van der Waals surface area contributed by atoms with Gasteiger partial charge in [0, 0.05) is 22.4 Å². The van der Waals surface area contributed by atoms with Gasteiger partial charge in [-0.3, -0.25) is 4.79 Å². The van der Waals surface area contributed by atoms with Crippen LogP contribution < -0.4 is 11.1 Å². The second-order valence-electron chi connectivity index (χ2n) is 4.44. The van der Waals surface area contributed by atoms with Crippen LogP contribution in [-0.4, -0.2) is 25.7 Å². The van der Waals surface area contributed by atoms with Gasteiger partial charge in [0.15, 0.2) is 0 Å². The summed E-state index contributed by atoms with van der Waals surface area (Å²) in [4.78, 5) is 13.0. The first-order chi connectivity index (χ1) is 9.29. The molecule has 5 heteroatoms. The summed E-state index contributed by atoms with van der Waals surface area (Å²) >= 11 is 1.60. The van der Waals surface area contributed by atoms with E-state index in [1.54, 1.807) is 11.3 Å². The Labute approximate surface area is 117 Å². The molecule has 1 amide bonds. The van der Waals surface area contributed by atoms with Crippen LogP contribution in [0.2, 0.25) is 0 Å². The molecule has 0 saturated carbocycles. The maximum atomic E-state index is 11.9. The maximum absolute atomic E-state index is 11.9. The van der Waals surface area contributed by atoms with Crippen LogP contribution in [0.25, 0.3) is 0 Å². The van der Waals surface area contributed by atoms with Crippen LogP contribution in [0.4, 0.5) is 0 Å². The fourth-order valence-electron chi connectivity index (χ4n) is 1.96. The Morgan fingerprint density at radius 2 is 2.53 bits per heavy atom. The van der Waals surface area contributed by atoms with Gasteiger partial charge in [0.05, 0.1) is 25.6 Å². The average molecular weight is 278 g/mol. The number of nitrogens with two attached hydrogens (primary N) is 1. The minimum Gasteiger partial charge on any atom is -0.381 e. The second-order valence-corrected chi connectivity index (χ2v) is 5.44. The van der Waals surface area contributed by atoms with Crippen LogP contribution in [0.3, 0.4) is 0 Å². The number of rotatable bonds is 3. The van der Waals surface area contributed by atoms with Crippen LogP contribution in [0.15, 0.2) is 11.4 Å². The van der Waals surface area contributed by atoms with E-state index in [2.05, 4.69) is 17.2 Å². The number of carbonyl (C=O) groups is 1. The summed E-state index contributed by atoms with van der Waals surface area (Å²) < 4.78 is 5.32. The number of ether oxygens (including phenoxy) is 1. The molecular weight excluding hydrogens is 260 g/mol. The Hall–Kier alpha value is -1.35. The standard InChI is InChI=1S/C14H18N2O2S/c15-5-1-3-11-7-13(19-10-11)8-16-14(17)12-4-2-6-18-9-12/h7,10,12H,2,4-6,8-9,15H2,(H,16,17). The summed E-state index contributed by atoms with van der Waals surface area (Å²) in [6.45, 7) is 2.25. The fourth-order valence-corrected chi connectivity index (χ4v) is 2.71. The molecule has 1 saturated heterocycles. The minimum absolute atomic E-state index is 0.00483. The lowest BCUT2D eigenvalue weighted by Crippen LogP contribution is -2.35. The molecule has 1 aliphatic rings. The van der Waals surface area contributed by atoms with Crippen molar-refractivity contribution >= 4 is 17.2 Å². The third-order valence-electron chi connectivity index (χ3n) is 2.96. The van der Waals surface area contributed by atoms with Crippen molar-refractivity contribution in [1.29, 1.82) is 0 Å². The molecule has 1 aliphatic heterocycles. The molecule has 1 aromatic heterocycles. The second kappa shape index (κ2) is 7.29. The van der Waals surface area contributed by atoms with Crippen LogP contribution in [-0.2, 0) is 16.1 Å². The molecule has 0 bridgehead atoms. The zero-order valence-corrected chi connectivity index (χ0v) is 11.6. The first-order valence-corrected chi connectivity index (χ1v) is 7.29. The molecule has 0 aliphatic carbocycles. The molecular formula is C14H18N2O2S. The predicted octanol–water partition coefficient (Wildman–Crippen LogP) is 1.10. The smallest absolute Gasteiger partial charge is 0.225 e. The molecule has 19 heavy (non-hydrogen) atoms. The topological polar surface area (TPSA) is 64.3 Å². The Morgan fingerprint density at radius 3 is 3.26 bits per heavy atom. The lowest BCUT2D eigenvalue weighted by Gasteiger charge is -2.20. The Morgan fingerprint density at radius 1 is 1.63 bits per heavy atom. The fraction of sp³-hybridized carbons (Fsp3) is 0.500. The van der Waals surface area contributed by atoms with Gasteiger partial charge in [0.2, 0.25) is 5.91 Å². The lowest BCUT2D eigenvalue weighted by molar-refractivity contribution is -0.129. The van der Waals surface area contributed by atoms with Crippen molar-refractivity contribution in [3.8, 4) is 11.8 Å². The highest BCUT2D eigenvalue weighted by Crippen LogP contribution is 2.16. The Kier molecular flexibility index (Phi) is 5.40. The highest BCUT2D eigenvalue weighted by atomic mass is 32.1. The first kappa shape index (κ1) is 14.1. The molecule has 0 radical (unpaired) electrons. The molecule has 2 rings (SSSR count). The van der Waals surface area contributed by atoms with Crippen molar-refractivity contribution in [2.75, 3.05) is 19.8 Å². The van der Waals surface area contributed by atoms with Crippen molar-refractivity contribution in [2.45, 2.75) is 19.4 Å². The summed E-state index contributed by atoms with van der Waals surface area (Å²) in [5, 5.41) is 4.94. The predicted molar refractivity (Wildman–Crippen MR) is 75.6 cm³/mol. The Balaban J connectivity index is 1.81. The van der Waals surface area contributed by atoms with Gasteiger partial charge in [0.1, 0.15) is 0 Å². The zero-order valence-electron chi connectivity index (χ0n) is 10.8. The Bertz CT molecular complexity index is 481. The van der Waals surface area contributed by atoms with Gasteiger partial charge in [0.25, 0.3) is 0 Å². The number of hydrogen-bond acceptors (Lipinski definition) is 4. The SMILES string of the molecule is NCC#Cc1csc(CNC(=O)C2CCCOC2)c1. The summed E-state index contributed by atoms with van der Waals surface area (Å²) in [6.07, 6.45) is 1.89. The van der Waals surface area contributed by atoms with Gasteiger partial charge >= 0.3 is 0 Å². The van der Waals surface area contributed by atoms with E-state index in [0.717, 1.165) is 29.9 Å². The largest absolute Gasteiger partial charge is 0.381 e. The van der Waals surface area contributed by atoms with E-state index in [0.29, 0.717) is 19.7 Å². The van der Waals surface area contributed by atoms with Crippen molar-refractivity contribution in [3.63, 3.8) is 0 Å². The van der Waals surface area contributed by atoms with Crippen LogP contribution in [0.1, 0.15) is 23.3 Å². The monoisotopic (exact) mass is 278 g/mol. The normalized spacial score (nSPS) is 18.5. The van der Waals surface area contributed by atoms with Gasteiger partial charge in [-0.15, -0.1) is 11.3 Å². The molecule has 102 valence electrons. The molecule has 2 heterocycles. The van der Waals surface area contributed by atoms with Gasteiger partial charge in [-0.2, -0.15) is 0 Å². The van der Waals surface area contributed by atoms with Gasteiger partial charge in [-0.25, -0.2) is 0 Å². The first-order valence-electron chi connectivity index (χ1n) is 6.41. The number of hydrogen-bond donors (Lipinski definition) is 2. The number of thiophene rings is 1.